The number of aryl methyl sites for hydroxylation is 1. The summed E-state index contributed by atoms with van der Waals surface area (Å²) in [6.07, 6.45) is 0. The average molecular weight is 464 g/mol. The molecule has 11 nitrogen and oxygen atoms in total. The molecule has 0 spiro atoms. The van der Waals surface area contributed by atoms with Crippen molar-refractivity contribution in [1.29, 1.82) is 0 Å². The number of carbonyl (C=O) groups is 2. The van der Waals surface area contributed by atoms with Crippen molar-refractivity contribution in [3.8, 4) is 5.69 Å². The van der Waals surface area contributed by atoms with Crippen molar-refractivity contribution in [2.24, 2.45) is 0 Å². The molecule has 0 radical (unpaired) electrons. The fraction of sp³-hybridized carbons (Fsp3) is 0.0952. The van der Waals surface area contributed by atoms with Gasteiger partial charge in [0.1, 0.15) is 5.69 Å². The Hall–Kier alpha value is -4.45. The summed E-state index contributed by atoms with van der Waals surface area (Å²) in [6.45, 7) is 2.96. The van der Waals surface area contributed by atoms with Crippen molar-refractivity contribution in [2.75, 3.05) is 10.6 Å². The Morgan fingerprint density at radius 3 is 2.61 bits per heavy atom. The molecule has 0 fully saturated rings. The number of anilines is 2. The fourth-order valence-corrected chi connectivity index (χ4v) is 4.06. The largest absolute Gasteiger partial charge is 0.326 e. The number of nitrogens with zero attached hydrogens (tertiary/aromatic N) is 4. The van der Waals surface area contributed by atoms with Crippen molar-refractivity contribution in [2.45, 2.75) is 13.8 Å². The first-order valence-electron chi connectivity index (χ1n) is 9.57. The van der Waals surface area contributed by atoms with E-state index in [1.54, 1.807) is 31.2 Å². The molecule has 2 N–H and O–H groups in total. The maximum atomic E-state index is 12.8. The van der Waals surface area contributed by atoms with Crippen LogP contribution < -0.4 is 16.1 Å². The molecule has 2 aromatic heterocycles. The predicted molar refractivity (Wildman–Crippen MR) is 123 cm³/mol. The third-order valence-corrected chi connectivity index (χ3v) is 5.49. The van der Waals surface area contributed by atoms with Gasteiger partial charge in [-0.15, -0.1) is 0 Å². The van der Waals surface area contributed by atoms with Crippen LogP contribution in [-0.2, 0) is 4.79 Å². The van der Waals surface area contributed by atoms with E-state index in [-0.39, 0.29) is 22.4 Å². The lowest BCUT2D eigenvalue weighted by Crippen LogP contribution is -2.27. The van der Waals surface area contributed by atoms with Crippen molar-refractivity contribution >= 4 is 49.9 Å². The summed E-state index contributed by atoms with van der Waals surface area (Å²) < 4.78 is 1.90. The number of rotatable bonds is 5. The minimum absolute atomic E-state index is 0.125. The Balaban J connectivity index is 1.68. The highest BCUT2D eigenvalue weighted by Crippen LogP contribution is 2.29. The van der Waals surface area contributed by atoms with E-state index in [1.165, 1.54) is 35.9 Å². The first-order chi connectivity index (χ1) is 15.7. The molecule has 4 aromatic rings. The van der Waals surface area contributed by atoms with Gasteiger partial charge < -0.3 is 5.32 Å². The summed E-state index contributed by atoms with van der Waals surface area (Å²) in [5.74, 6) is -1.01. The summed E-state index contributed by atoms with van der Waals surface area (Å²) in [5, 5.41) is 21.0. The standard InChI is InChI=1S/C21H16N6O5S/c1-11-9-17(29)19(25-26(11)15-5-3-4-6-16(15)27(31)32)20(30)24-21-23-14-8-7-13(22-12(2)28)10-18(14)33-21/h3-10H,1-2H3,(H,22,28)(H,23,24,30). The molecule has 0 aliphatic carbocycles. The zero-order valence-corrected chi connectivity index (χ0v) is 18.2. The Bertz CT molecular complexity index is 1490. The van der Waals surface area contributed by atoms with Gasteiger partial charge in [-0.25, -0.2) is 9.67 Å². The van der Waals surface area contributed by atoms with Crippen molar-refractivity contribution < 1.29 is 14.5 Å². The molecular formula is C21H16N6O5S. The van der Waals surface area contributed by atoms with Gasteiger partial charge in [-0.1, -0.05) is 23.5 Å². The number of thiazole rings is 1. The van der Waals surface area contributed by atoms with E-state index in [4.69, 9.17) is 0 Å². The number of hydrogen-bond acceptors (Lipinski definition) is 8. The number of carbonyl (C=O) groups excluding carboxylic acids is 2. The third-order valence-electron chi connectivity index (χ3n) is 4.56. The van der Waals surface area contributed by atoms with Crippen molar-refractivity contribution in [3.05, 3.63) is 80.3 Å². The maximum absolute atomic E-state index is 12.8. The summed E-state index contributed by atoms with van der Waals surface area (Å²) in [7, 11) is 0. The number of nitro benzene ring substituents is 1. The van der Waals surface area contributed by atoms with Gasteiger partial charge in [-0.2, -0.15) is 5.10 Å². The van der Waals surface area contributed by atoms with Crippen LogP contribution in [0.3, 0.4) is 0 Å². The molecule has 0 aliphatic heterocycles. The van der Waals surface area contributed by atoms with E-state index in [0.29, 0.717) is 21.6 Å². The Labute approximate surface area is 189 Å². The van der Waals surface area contributed by atoms with E-state index in [9.17, 15) is 24.5 Å². The molecule has 12 heteroatoms. The second-order valence-corrected chi connectivity index (χ2v) is 8.02. The van der Waals surface area contributed by atoms with Gasteiger partial charge in [0.2, 0.25) is 11.3 Å². The van der Waals surface area contributed by atoms with Gasteiger partial charge in [0, 0.05) is 30.4 Å². The number of hydrogen-bond donors (Lipinski definition) is 2. The second-order valence-electron chi connectivity index (χ2n) is 6.99. The molecule has 2 aromatic carbocycles. The fourth-order valence-electron chi connectivity index (χ4n) is 3.16. The van der Waals surface area contributed by atoms with E-state index in [1.807, 2.05) is 0 Å². The molecule has 2 heterocycles. The highest BCUT2D eigenvalue weighted by Gasteiger charge is 2.21. The summed E-state index contributed by atoms with van der Waals surface area (Å²) in [5.41, 5.74) is 0.355. The Morgan fingerprint density at radius 1 is 1.12 bits per heavy atom. The summed E-state index contributed by atoms with van der Waals surface area (Å²) in [6, 6.07) is 12.2. The van der Waals surface area contributed by atoms with Crippen LogP contribution >= 0.6 is 11.3 Å². The van der Waals surface area contributed by atoms with Crippen molar-refractivity contribution in [1.82, 2.24) is 14.8 Å². The lowest BCUT2D eigenvalue weighted by Gasteiger charge is -2.11. The summed E-state index contributed by atoms with van der Waals surface area (Å²) in [4.78, 5) is 51.7. The summed E-state index contributed by atoms with van der Waals surface area (Å²) >= 11 is 1.16. The SMILES string of the molecule is CC(=O)Nc1ccc2nc(NC(=O)c3nn(-c4ccccc4[N+](=O)[O-])c(C)cc3=O)sc2c1. The van der Waals surface area contributed by atoms with Crippen LogP contribution in [0.25, 0.3) is 15.9 Å². The number of aromatic nitrogens is 3. The van der Waals surface area contributed by atoms with Crippen LogP contribution in [0.1, 0.15) is 23.1 Å². The molecule has 0 aliphatic rings. The number of amides is 2. The van der Waals surface area contributed by atoms with Crippen molar-refractivity contribution in [3.63, 3.8) is 0 Å². The second kappa shape index (κ2) is 8.59. The maximum Gasteiger partial charge on any atom is 0.294 e. The minimum atomic E-state index is -0.798. The highest BCUT2D eigenvalue weighted by molar-refractivity contribution is 7.22. The quantitative estimate of drug-likeness (QED) is 0.340. The number of para-hydroxylation sites is 2. The Kier molecular flexibility index (Phi) is 5.67. The highest BCUT2D eigenvalue weighted by atomic mass is 32.1. The Morgan fingerprint density at radius 2 is 1.88 bits per heavy atom. The van der Waals surface area contributed by atoms with Crippen LogP contribution in [0.5, 0.6) is 0 Å². The predicted octanol–water partition coefficient (Wildman–Crippen LogP) is 3.27. The first-order valence-corrected chi connectivity index (χ1v) is 10.4. The smallest absolute Gasteiger partial charge is 0.294 e. The van der Waals surface area contributed by atoms with Gasteiger partial charge in [0.05, 0.1) is 15.1 Å². The monoisotopic (exact) mass is 464 g/mol. The minimum Gasteiger partial charge on any atom is -0.326 e. The van der Waals surface area contributed by atoms with Crippen LogP contribution in [-0.4, -0.2) is 31.5 Å². The third kappa shape index (κ3) is 4.45. The van der Waals surface area contributed by atoms with E-state index < -0.39 is 22.0 Å². The molecule has 4 rings (SSSR count). The number of nitro groups is 1. The molecule has 0 atom stereocenters. The first kappa shape index (κ1) is 21.8. The zero-order chi connectivity index (χ0) is 23.7. The molecule has 0 bridgehead atoms. The molecule has 0 saturated heterocycles. The molecular weight excluding hydrogens is 448 g/mol. The van der Waals surface area contributed by atoms with Gasteiger partial charge in [0.15, 0.2) is 10.8 Å². The topological polar surface area (TPSA) is 149 Å². The van der Waals surface area contributed by atoms with E-state index in [0.717, 1.165) is 11.3 Å². The van der Waals surface area contributed by atoms with Crippen LogP contribution in [0, 0.1) is 17.0 Å². The average Bonchev–Trinajstić information content (AvgIpc) is 3.14. The molecule has 166 valence electrons. The van der Waals surface area contributed by atoms with Crippen LogP contribution in [0.15, 0.2) is 53.3 Å². The normalized spacial score (nSPS) is 10.7. The number of benzene rings is 2. The van der Waals surface area contributed by atoms with Gasteiger partial charge >= 0.3 is 0 Å². The van der Waals surface area contributed by atoms with Crippen LogP contribution in [0.2, 0.25) is 0 Å². The van der Waals surface area contributed by atoms with Gasteiger partial charge in [-0.3, -0.25) is 29.8 Å². The lowest BCUT2D eigenvalue weighted by molar-refractivity contribution is -0.384. The number of nitrogens with one attached hydrogen (secondary N) is 2. The number of fused-ring (bicyclic) bond motifs is 1. The van der Waals surface area contributed by atoms with Gasteiger partial charge in [0.25, 0.3) is 11.6 Å². The van der Waals surface area contributed by atoms with Gasteiger partial charge in [-0.05, 0) is 31.2 Å². The van der Waals surface area contributed by atoms with E-state index in [2.05, 4.69) is 20.7 Å². The lowest BCUT2D eigenvalue weighted by atomic mass is 10.2. The van der Waals surface area contributed by atoms with Crippen LogP contribution in [0.4, 0.5) is 16.5 Å². The molecule has 0 unspecified atom stereocenters. The molecule has 2 amide bonds. The zero-order valence-electron chi connectivity index (χ0n) is 17.4. The molecule has 33 heavy (non-hydrogen) atoms. The van der Waals surface area contributed by atoms with E-state index >= 15 is 0 Å². The molecule has 0 saturated carbocycles.